The van der Waals surface area contributed by atoms with Gasteiger partial charge < -0.3 is 10.3 Å². The second-order valence-corrected chi connectivity index (χ2v) is 9.89. The van der Waals surface area contributed by atoms with Crippen molar-refractivity contribution in [3.05, 3.63) is 158 Å². The molecule has 0 fully saturated rings. The molecule has 0 radical (unpaired) electrons. The highest BCUT2D eigenvalue weighted by molar-refractivity contribution is 6.15. The number of nitrogens with two attached hydrogens (primary N) is 1. The third-order valence-electron chi connectivity index (χ3n) is 7.49. The molecule has 3 nitrogen and oxygen atoms in total. The van der Waals surface area contributed by atoms with Crippen LogP contribution in [0, 0.1) is 0 Å². The van der Waals surface area contributed by atoms with E-state index in [1.54, 1.807) is 6.20 Å². The normalized spacial score (nSPS) is 11.6. The number of benzene rings is 4. The van der Waals surface area contributed by atoms with Gasteiger partial charge in [-0.25, -0.2) is 0 Å². The molecule has 0 aliphatic rings. The molecule has 0 amide bonds. The second-order valence-electron chi connectivity index (χ2n) is 9.89. The van der Waals surface area contributed by atoms with Crippen LogP contribution in [0.5, 0.6) is 0 Å². The molecule has 2 aromatic heterocycles. The molecule has 0 atom stereocenters. The van der Waals surface area contributed by atoms with Crippen molar-refractivity contribution < 1.29 is 0 Å². The van der Waals surface area contributed by atoms with Crippen molar-refractivity contribution >= 4 is 34.0 Å². The Bertz CT molecular complexity index is 1920. The van der Waals surface area contributed by atoms with Crippen molar-refractivity contribution in [3.63, 3.8) is 0 Å². The van der Waals surface area contributed by atoms with Crippen LogP contribution in [-0.2, 0) is 6.42 Å². The largest absolute Gasteiger partial charge is 0.405 e. The fourth-order valence-corrected chi connectivity index (χ4v) is 5.62. The van der Waals surface area contributed by atoms with Crippen molar-refractivity contribution in [2.45, 2.75) is 6.42 Å². The van der Waals surface area contributed by atoms with E-state index in [9.17, 15) is 0 Å². The summed E-state index contributed by atoms with van der Waals surface area (Å²) < 4.78 is 2.36. The van der Waals surface area contributed by atoms with E-state index in [4.69, 9.17) is 5.73 Å². The number of hydrogen-bond acceptors (Lipinski definition) is 2. The van der Waals surface area contributed by atoms with Crippen molar-refractivity contribution in [1.29, 1.82) is 0 Å². The van der Waals surface area contributed by atoms with Crippen LogP contribution in [0.3, 0.4) is 0 Å². The molecular weight excluding hydrogens is 498 g/mol. The Kier molecular flexibility index (Phi) is 7.17. The summed E-state index contributed by atoms with van der Waals surface area (Å²) in [4.78, 5) is 4.51. The van der Waals surface area contributed by atoms with Crippen molar-refractivity contribution in [3.8, 4) is 28.1 Å². The summed E-state index contributed by atoms with van der Waals surface area (Å²) >= 11 is 0. The van der Waals surface area contributed by atoms with Gasteiger partial charge in [0.2, 0.25) is 0 Å². The van der Waals surface area contributed by atoms with Gasteiger partial charge in [0.1, 0.15) is 0 Å². The number of hydrogen-bond donors (Lipinski definition) is 1. The zero-order chi connectivity index (χ0) is 28.2. The molecule has 4 aromatic carbocycles. The minimum Gasteiger partial charge on any atom is -0.405 e. The van der Waals surface area contributed by atoms with Gasteiger partial charge in [0.15, 0.2) is 0 Å². The maximum Gasteiger partial charge on any atom is 0.0701 e. The zero-order valence-corrected chi connectivity index (χ0v) is 22.9. The molecule has 0 bridgehead atoms. The third-order valence-corrected chi connectivity index (χ3v) is 7.49. The zero-order valence-electron chi connectivity index (χ0n) is 22.9. The van der Waals surface area contributed by atoms with Crippen LogP contribution in [0.25, 0.3) is 62.0 Å². The number of pyridine rings is 1. The van der Waals surface area contributed by atoms with E-state index in [0.717, 1.165) is 56.7 Å². The molecule has 0 unspecified atom stereocenters. The topological polar surface area (TPSA) is 43.8 Å². The average Bonchev–Trinajstić information content (AvgIpc) is 3.36. The van der Waals surface area contributed by atoms with Gasteiger partial charge in [0, 0.05) is 28.2 Å². The number of allylic oxidation sites excluding steroid dienone is 3. The SMILES string of the molecule is C=Cc1c(-c2ccc(-c3ccccn3)cc2)cc2c(c1C=C)c1ccc(C/C=C\C=C/N)cc1n2-c1ccccc1. The first-order chi connectivity index (χ1) is 20.2. The molecule has 198 valence electrons. The van der Waals surface area contributed by atoms with Gasteiger partial charge >= 0.3 is 0 Å². The number of nitrogens with zero attached hydrogens (tertiary/aromatic N) is 2. The fourth-order valence-electron chi connectivity index (χ4n) is 5.62. The maximum atomic E-state index is 5.50. The molecular formula is C38H31N3. The lowest BCUT2D eigenvalue weighted by atomic mass is 9.91. The highest BCUT2D eigenvalue weighted by atomic mass is 15.0. The minimum absolute atomic E-state index is 0.816. The molecule has 0 spiro atoms. The monoisotopic (exact) mass is 529 g/mol. The van der Waals surface area contributed by atoms with Crippen LogP contribution < -0.4 is 5.73 Å². The predicted molar refractivity (Wildman–Crippen MR) is 176 cm³/mol. The number of rotatable bonds is 8. The van der Waals surface area contributed by atoms with E-state index in [1.807, 2.05) is 48.7 Å². The van der Waals surface area contributed by atoms with E-state index < -0.39 is 0 Å². The number of fused-ring (bicyclic) bond motifs is 3. The highest BCUT2D eigenvalue weighted by Crippen LogP contribution is 2.41. The smallest absolute Gasteiger partial charge is 0.0701 e. The summed E-state index contributed by atoms with van der Waals surface area (Å²) in [5.74, 6) is 0. The molecule has 41 heavy (non-hydrogen) atoms. The third kappa shape index (κ3) is 4.79. The lowest BCUT2D eigenvalue weighted by molar-refractivity contribution is 1.17. The van der Waals surface area contributed by atoms with E-state index >= 15 is 0 Å². The summed E-state index contributed by atoms with van der Waals surface area (Å²) in [6.45, 7) is 8.47. The van der Waals surface area contributed by atoms with Crippen molar-refractivity contribution in [2.75, 3.05) is 0 Å². The van der Waals surface area contributed by atoms with Crippen LogP contribution in [0.15, 0.2) is 141 Å². The Hall–Kier alpha value is -5.41. The van der Waals surface area contributed by atoms with Gasteiger partial charge in [-0.05, 0) is 82.9 Å². The van der Waals surface area contributed by atoms with Gasteiger partial charge in [-0.2, -0.15) is 0 Å². The van der Waals surface area contributed by atoms with Crippen molar-refractivity contribution in [2.24, 2.45) is 5.73 Å². The van der Waals surface area contributed by atoms with Gasteiger partial charge in [0.05, 0.1) is 16.7 Å². The molecule has 2 N–H and O–H groups in total. The van der Waals surface area contributed by atoms with Crippen LogP contribution in [0.4, 0.5) is 0 Å². The standard InChI is InChI=1S/C38H31N3/c1-3-31-32(4-2)38-33-22-17-27(13-7-6-11-23-39)25-36(33)41(30-14-8-5-9-15-30)37(38)26-34(31)28-18-20-29(21-19-28)35-16-10-12-24-40-35/h3-12,14-26H,1-2,13,39H2/b7-6-,23-11-. The first-order valence-electron chi connectivity index (χ1n) is 13.7. The predicted octanol–water partition coefficient (Wildman–Crippen LogP) is 9.37. The summed E-state index contributed by atoms with van der Waals surface area (Å²) in [6, 6.07) is 34.2. The Labute approximate surface area is 240 Å². The van der Waals surface area contributed by atoms with E-state index in [-0.39, 0.29) is 0 Å². The Balaban J connectivity index is 1.61. The van der Waals surface area contributed by atoms with Gasteiger partial charge in [0.25, 0.3) is 0 Å². The molecule has 0 aliphatic heterocycles. The molecule has 2 heterocycles. The molecule has 0 aliphatic carbocycles. The number of aromatic nitrogens is 2. The van der Waals surface area contributed by atoms with Gasteiger partial charge in [-0.1, -0.05) is 98.1 Å². The highest BCUT2D eigenvalue weighted by Gasteiger charge is 2.20. The van der Waals surface area contributed by atoms with E-state index in [0.29, 0.717) is 0 Å². The first kappa shape index (κ1) is 25.8. The molecule has 3 heteroatoms. The van der Waals surface area contributed by atoms with Gasteiger partial charge in [-0.3, -0.25) is 4.98 Å². The summed E-state index contributed by atoms with van der Waals surface area (Å²) in [5.41, 5.74) is 16.6. The molecule has 0 saturated heterocycles. The lowest BCUT2D eigenvalue weighted by Gasteiger charge is -2.15. The fraction of sp³-hybridized carbons (Fsp3) is 0.0263. The summed E-state index contributed by atoms with van der Waals surface area (Å²) in [7, 11) is 0. The first-order valence-corrected chi connectivity index (χ1v) is 13.7. The van der Waals surface area contributed by atoms with E-state index in [1.165, 1.54) is 16.3 Å². The van der Waals surface area contributed by atoms with Crippen LogP contribution in [0.1, 0.15) is 16.7 Å². The van der Waals surface area contributed by atoms with Gasteiger partial charge in [-0.15, -0.1) is 0 Å². The Morgan fingerprint density at radius 2 is 1.49 bits per heavy atom. The summed E-state index contributed by atoms with van der Waals surface area (Å²) in [6.07, 6.45) is 14.1. The molecule has 6 rings (SSSR count). The minimum atomic E-state index is 0.816. The van der Waals surface area contributed by atoms with Crippen LogP contribution in [-0.4, -0.2) is 9.55 Å². The second kappa shape index (κ2) is 11.4. The summed E-state index contributed by atoms with van der Waals surface area (Å²) in [5, 5.41) is 2.37. The van der Waals surface area contributed by atoms with E-state index in [2.05, 4.69) is 108 Å². The van der Waals surface area contributed by atoms with Crippen molar-refractivity contribution in [1.82, 2.24) is 9.55 Å². The molecule has 0 saturated carbocycles. The van der Waals surface area contributed by atoms with Crippen LogP contribution in [0.2, 0.25) is 0 Å². The lowest BCUT2D eigenvalue weighted by Crippen LogP contribution is -1.96. The number of para-hydroxylation sites is 1. The molecule has 6 aromatic rings. The van der Waals surface area contributed by atoms with Crippen LogP contribution >= 0.6 is 0 Å². The Morgan fingerprint density at radius 1 is 0.732 bits per heavy atom. The Morgan fingerprint density at radius 3 is 2.20 bits per heavy atom. The maximum absolute atomic E-state index is 5.50. The quantitative estimate of drug-likeness (QED) is 0.200. The average molecular weight is 530 g/mol.